The van der Waals surface area contributed by atoms with Crippen LogP contribution in [0, 0.1) is 6.92 Å². The van der Waals surface area contributed by atoms with Crippen LogP contribution >= 0.6 is 11.6 Å². The first-order valence-corrected chi connectivity index (χ1v) is 7.64. The van der Waals surface area contributed by atoms with Gasteiger partial charge in [0, 0.05) is 22.0 Å². The highest BCUT2D eigenvalue weighted by Crippen LogP contribution is 2.22. The molecule has 0 spiro atoms. The predicted octanol–water partition coefficient (Wildman–Crippen LogP) is 4.26. The number of carbonyl (C=O) groups is 1. The van der Waals surface area contributed by atoms with Crippen molar-refractivity contribution in [2.45, 2.75) is 6.92 Å². The van der Waals surface area contributed by atoms with Gasteiger partial charge in [-0.2, -0.15) is 0 Å². The molecule has 122 valence electrons. The van der Waals surface area contributed by atoms with Gasteiger partial charge in [-0.05, 0) is 42.8 Å². The third kappa shape index (κ3) is 3.67. The second-order valence-electron chi connectivity index (χ2n) is 5.31. The molecule has 0 aliphatic heterocycles. The smallest absolute Gasteiger partial charge is 0.323 e. The second-order valence-corrected chi connectivity index (χ2v) is 5.71. The van der Waals surface area contributed by atoms with Crippen LogP contribution in [-0.4, -0.2) is 16.0 Å². The Balaban J connectivity index is 1.71. The van der Waals surface area contributed by atoms with Crippen LogP contribution in [0.3, 0.4) is 0 Å². The normalized spacial score (nSPS) is 10.4. The van der Waals surface area contributed by atoms with Crippen LogP contribution in [0.4, 0.5) is 22.1 Å². The van der Waals surface area contributed by atoms with Crippen molar-refractivity contribution in [3.63, 3.8) is 0 Å². The number of hydrogen-bond donors (Lipinski definition) is 4. The van der Waals surface area contributed by atoms with Gasteiger partial charge in [-0.15, -0.1) is 0 Å². The van der Waals surface area contributed by atoms with Gasteiger partial charge in [0.15, 0.2) is 5.95 Å². The molecule has 6 nitrogen and oxygen atoms in total. The number of nitrogens with two attached hydrogens (primary N) is 1. The van der Waals surface area contributed by atoms with E-state index in [1.807, 2.05) is 31.2 Å². The van der Waals surface area contributed by atoms with Crippen molar-refractivity contribution < 1.29 is 4.79 Å². The Labute approximate surface area is 144 Å². The number of nitrogen functional groups attached to an aromatic ring is 1. The van der Waals surface area contributed by atoms with E-state index >= 15 is 0 Å². The average molecular weight is 342 g/mol. The largest absolute Gasteiger partial charge is 0.369 e. The van der Waals surface area contributed by atoms with E-state index in [1.165, 1.54) is 0 Å². The number of imidazole rings is 1. The number of benzene rings is 2. The third-order valence-corrected chi connectivity index (χ3v) is 3.87. The van der Waals surface area contributed by atoms with Crippen molar-refractivity contribution in [2.75, 3.05) is 16.4 Å². The summed E-state index contributed by atoms with van der Waals surface area (Å²) in [6.07, 6.45) is 1.64. The molecule has 0 unspecified atom stereocenters. The van der Waals surface area contributed by atoms with Crippen molar-refractivity contribution in [3.05, 3.63) is 59.2 Å². The van der Waals surface area contributed by atoms with E-state index in [0.29, 0.717) is 22.3 Å². The third-order valence-electron chi connectivity index (χ3n) is 3.44. The monoisotopic (exact) mass is 341 g/mol. The molecule has 0 saturated heterocycles. The molecule has 0 atom stereocenters. The minimum absolute atomic E-state index is 0.335. The summed E-state index contributed by atoms with van der Waals surface area (Å²) >= 11 is 5.98. The maximum Gasteiger partial charge on any atom is 0.323 e. The summed E-state index contributed by atoms with van der Waals surface area (Å²) in [5.41, 5.74) is 9.47. The summed E-state index contributed by atoms with van der Waals surface area (Å²) < 4.78 is 0. The maximum atomic E-state index is 12.1. The van der Waals surface area contributed by atoms with Gasteiger partial charge in [-0.1, -0.05) is 23.7 Å². The highest BCUT2D eigenvalue weighted by Gasteiger charge is 2.06. The number of urea groups is 1. The molecule has 0 saturated carbocycles. The molecule has 3 aromatic rings. The van der Waals surface area contributed by atoms with Gasteiger partial charge in [-0.25, -0.2) is 9.78 Å². The van der Waals surface area contributed by atoms with Gasteiger partial charge in [-0.3, -0.25) is 0 Å². The summed E-state index contributed by atoms with van der Waals surface area (Å²) in [6.45, 7) is 1.88. The molecule has 7 heteroatoms. The highest BCUT2D eigenvalue weighted by molar-refractivity contribution is 6.31. The Hall–Kier alpha value is -2.99. The zero-order valence-corrected chi connectivity index (χ0v) is 13.7. The molecule has 0 aliphatic rings. The van der Waals surface area contributed by atoms with E-state index in [2.05, 4.69) is 20.6 Å². The first kappa shape index (κ1) is 15.9. The Morgan fingerprint density at radius 2 is 1.92 bits per heavy atom. The lowest BCUT2D eigenvalue weighted by Gasteiger charge is -2.09. The fourth-order valence-electron chi connectivity index (χ4n) is 2.26. The lowest BCUT2D eigenvalue weighted by molar-refractivity contribution is 0.262. The summed E-state index contributed by atoms with van der Waals surface area (Å²) in [6, 6.07) is 12.3. The minimum Gasteiger partial charge on any atom is -0.369 e. The number of aromatic nitrogens is 2. The molecule has 24 heavy (non-hydrogen) atoms. The number of hydrogen-bond acceptors (Lipinski definition) is 3. The number of halogens is 1. The van der Waals surface area contributed by atoms with Gasteiger partial charge >= 0.3 is 6.03 Å². The van der Waals surface area contributed by atoms with Crippen LogP contribution in [0.2, 0.25) is 5.02 Å². The van der Waals surface area contributed by atoms with Gasteiger partial charge in [0.05, 0.1) is 11.9 Å². The molecule has 3 rings (SSSR count). The Morgan fingerprint density at radius 1 is 1.17 bits per heavy atom. The van der Waals surface area contributed by atoms with E-state index in [4.69, 9.17) is 17.3 Å². The van der Waals surface area contributed by atoms with E-state index in [-0.39, 0.29) is 6.03 Å². The number of carbonyl (C=O) groups excluding carboxylic acids is 1. The summed E-state index contributed by atoms with van der Waals surface area (Å²) in [5, 5.41) is 6.23. The first-order chi connectivity index (χ1) is 11.5. The molecule has 1 aromatic heterocycles. The second kappa shape index (κ2) is 6.64. The fourth-order valence-corrected chi connectivity index (χ4v) is 2.38. The number of amides is 2. The maximum absolute atomic E-state index is 12.1. The molecule has 0 fully saturated rings. The molecular weight excluding hydrogens is 326 g/mol. The van der Waals surface area contributed by atoms with Crippen molar-refractivity contribution >= 4 is 35.0 Å². The number of rotatable bonds is 3. The van der Waals surface area contributed by atoms with Crippen molar-refractivity contribution in [1.29, 1.82) is 0 Å². The standard InChI is InChI=1S/C17H16ClN5O/c1-10-7-13(5-6-14(10)18)22-17(24)21-12-4-2-3-11(8-12)15-9-20-16(19)23-15/h2-9H,1H3,(H3,19,20,23)(H2,21,22,24). The molecule has 1 heterocycles. The summed E-state index contributed by atoms with van der Waals surface area (Å²) in [4.78, 5) is 19.1. The zero-order valence-electron chi connectivity index (χ0n) is 12.9. The average Bonchev–Trinajstić information content (AvgIpc) is 2.98. The molecule has 0 aliphatic carbocycles. The van der Waals surface area contributed by atoms with Crippen LogP contribution in [0.25, 0.3) is 11.3 Å². The van der Waals surface area contributed by atoms with Crippen LogP contribution in [0.1, 0.15) is 5.56 Å². The minimum atomic E-state index is -0.335. The Kier molecular flexibility index (Phi) is 4.39. The Bertz CT molecular complexity index is 890. The fraction of sp³-hybridized carbons (Fsp3) is 0.0588. The molecular formula is C17H16ClN5O. The quantitative estimate of drug-likeness (QED) is 0.573. The van der Waals surface area contributed by atoms with Gasteiger partial charge in [0.2, 0.25) is 0 Å². The van der Waals surface area contributed by atoms with Crippen molar-refractivity contribution in [2.24, 2.45) is 0 Å². The van der Waals surface area contributed by atoms with Crippen LogP contribution in [-0.2, 0) is 0 Å². The van der Waals surface area contributed by atoms with E-state index < -0.39 is 0 Å². The SMILES string of the molecule is Cc1cc(NC(=O)Nc2cccc(-c3cnc(N)[nH]3)c2)ccc1Cl. The predicted molar refractivity (Wildman–Crippen MR) is 97.3 cm³/mol. The molecule has 0 radical (unpaired) electrons. The number of nitrogens with one attached hydrogen (secondary N) is 3. The van der Waals surface area contributed by atoms with E-state index in [0.717, 1.165) is 16.8 Å². The molecule has 2 amide bonds. The summed E-state index contributed by atoms with van der Waals surface area (Å²) in [5.74, 6) is 0.346. The number of aromatic amines is 1. The summed E-state index contributed by atoms with van der Waals surface area (Å²) in [7, 11) is 0. The van der Waals surface area contributed by atoms with Crippen molar-refractivity contribution in [3.8, 4) is 11.3 Å². The lowest BCUT2D eigenvalue weighted by atomic mass is 10.1. The number of anilines is 3. The van der Waals surface area contributed by atoms with Crippen LogP contribution < -0.4 is 16.4 Å². The zero-order chi connectivity index (χ0) is 17.1. The highest BCUT2D eigenvalue weighted by atomic mass is 35.5. The van der Waals surface area contributed by atoms with Crippen LogP contribution in [0.5, 0.6) is 0 Å². The van der Waals surface area contributed by atoms with Gasteiger partial charge in [0.1, 0.15) is 0 Å². The van der Waals surface area contributed by atoms with Gasteiger partial charge in [0.25, 0.3) is 0 Å². The molecule has 2 aromatic carbocycles. The molecule has 5 N–H and O–H groups in total. The van der Waals surface area contributed by atoms with Gasteiger partial charge < -0.3 is 21.4 Å². The van der Waals surface area contributed by atoms with Crippen molar-refractivity contribution in [1.82, 2.24) is 9.97 Å². The number of nitrogens with zero attached hydrogens (tertiary/aromatic N) is 1. The lowest BCUT2D eigenvalue weighted by Crippen LogP contribution is -2.19. The topological polar surface area (TPSA) is 95.8 Å². The first-order valence-electron chi connectivity index (χ1n) is 7.26. The number of H-pyrrole nitrogens is 1. The Morgan fingerprint density at radius 3 is 2.58 bits per heavy atom. The number of aryl methyl sites for hydroxylation is 1. The van der Waals surface area contributed by atoms with E-state index in [1.54, 1.807) is 24.4 Å². The molecule has 0 bridgehead atoms. The van der Waals surface area contributed by atoms with E-state index in [9.17, 15) is 4.79 Å². The van der Waals surface area contributed by atoms with Crippen LogP contribution in [0.15, 0.2) is 48.7 Å².